The Kier molecular flexibility index (Phi) is 4.65. The van der Waals surface area contributed by atoms with Crippen molar-refractivity contribution in [3.8, 4) is 5.75 Å². The zero-order valence-corrected chi connectivity index (χ0v) is 13.6. The van der Waals surface area contributed by atoms with E-state index in [1.165, 1.54) is 25.7 Å². The molecule has 1 saturated carbocycles. The van der Waals surface area contributed by atoms with Gasteiger partial charge in [-0.05, 0) is 50.8 Å². The van der Waals surface area contributed by atoms with Crippen molar-refractivity contribution in [1.82, 2.24) is 0 Å². The minimum absolute atomic E-state index is 0.169. The molecule has 0 aromatic heterocycles. The van der Waals surface area contributed by atoms with Gasteiger partial charge in [-0.3, -0.25) is 0 Å². The quantitative estimate of drug-likeness (QED) is 0.845. The van der Waals surface area contributed by atoms with Crippen LogP contribution in [0, 0.1) is 0 Å². The third-order valence-corrected chi connectivity index (χ3v) is 5.90. The Morgan fingerprint density at radius 3 is 2.95 bits per heavy atom. The van der Waals surface area contributed by atoms with Gasteiger partial charge < -0.3 is 15.2 Å². The summed E-state index contributed by atoms with van der Waals surface area (Å²) in [6.07, 6.45) is 7.39. The van der Waals surface area contributed by atoms with Crippen LogP contribution in [0.2, 0.25) is 0 Å². The first-order valence-electron chi connectivity index (χ1n) is 8.04. The van der Waals surface area contributed by atoms with Crippen LogP contribution < -0.4 is 10.5 Å². The second kappa shape index (κ2) is 6.49. The average Bonchev–Trinajstić information content (AvgIpc) is 2.91. The summed E-state index contributed by atoms with van der Waals surface area (Å²) in [5.41, 5.74) is 7.17. The summed E-state index contributed by atoms with van der Waals surface area (Å²) in [6.45, 7) is 3.59. The van der Waals surface area contributed by atoms with Crippen molar-refractivity contribution in [2.24, 2.45) is 0 Å². The fourth-order valence-electron chi connectivity index (χ4n) is 3.50. The van der Waals surface area contributed by atoms with Gasteiger partial charge in [-0.1, -0.05) is 12.8 Å². The molecule has 2 fully saturated rings. The first-order chi connectivity index (χ1) is 10.2. The lowest BCUT2D eigenvalue weighted by molar-refractivity contribution is -0.0703. The van der Waals surface area contributed by atoms with E-state index in [0.29, 0.717) is 11.9 Å². The zero-order valence-electron chi connectivity index (χ0n) is 12.8. The molecule has 2 N–H and O–H groups in total. The monoisotopic (exact) mass is 307 g/mol. The third-order valence-electron chi connectivity index (χ3n) is 4.55. The largest absolute Gasteiger partial charge is 0.494 e. The molecule has 1 saturated heterocycles. The normalized spacial score (nSPS) is 24.3. The van der Waals surface area contributed by atoms with Crippen LogP contribution in [0.4, 0.5) is 5.69 Å². The van der Waals surface area contributed by atoms with Gasteiger partial charge in [0.2, 0.25) is 0 Å². The topological polar surface area (TPSA) is 44.5 Å². The number of nitrogens with two attached hydrogens (primary N) is 1. The smallest absolute Gasteiger partial charge is 0.120 e. The maximum absolute atomic E-state index is 6.14. The van der Waals surface area contributed by atoms with E-state index in [-0.39, 0.29) is 5.60 Å². The van der Waals surface area contributed by atoms with Crippen molar-refractivity contribution >= 4 is 17.4 Å². The highest BCUT2D eigenvalue weighted by Gasteiger charge is 2.40. The van der Waals surface area contributed by atoms with Crippen molar-refractivity contribution in [2.75, 3.05) is 18.9 Å². The number of hydrogen-bond donors (Lipinski definition) is 1. The summed E-state index contributed by atoms with van der Waals surface area (Å²) in [6, 6.07) is 5.99. The highest BCUT2D eigenvalue weighted by atomic mass is 32.2. The Balaban J connectivity index is 1.69. The number of nitrogen functional groups attached to an aromatic ring is 1. The lowest BCUT2D eigenvalue weighted by atomic mass is 9.92. The Bertz CT molecular complexity index is 486. The minimum atomic E-state index is 0.169. The second-order valence-corrected chi connectivity index (χ2v) is 7.45. The first-order valence-corrected chi connectivity index (χ1v) is 8.92. The molecule has 1 aromatic carbocycles. The van der Waals surface area contributed by atoms with E-state index < -0.39 is 0 Å². The van der Waals surface area contributed by atoms with Crippen LogP contribution in [0.3, 0.4) is 0 Å². The molecular formula is C17H25NO2S. The van der Waals surface area contributed by atoms with E-state index in [2.05, 4.69) is 6.07 Å². The van der Waals surface area contributed by atoms with Crippen molar-refractivity contribution < 1.29 is 9.47 Å². The second-order valence-electron chi connectivity index (χ2n) is 6.10. The molecular weight excluding hydrogens is 282 g/mol. The molecule has 1 spiro atoms. The number of rotatable bonds is 4. The molecule has 21 heavy (non-hydrogen) atoms. The lowest BCUT2D eigenvalue weighted by Gasteiger charge is -2.38. The fourth-order valence-corrected chi connectivity index (χ4v) is 4.85. The summed E-state index contributed by atoms with van der Waals surface area (Å²) < 4.78 is 11.7. The maximum atomic E-state index is 6.14. The van der Waals surface area contributed by atoms with E-state index in [4.69, 9.17) is 15.2 Å². The zero-order chi connectivity index (χ0) is 14.7. The van der Waals surface area contributed by atoms with Crippen molar-refractivity contribution in [1.29, 1.82) is 0 Å². The Morgan fingerprint density at radius 1 is 1.38 bits per heavy atom. The molecule has 0 amide bonds. The predicted octanol–water partition coefficient (Wildman–Crippen LogP) is 4.25. The lowest BCUT2D eigenvalue weighted by Crippen LogP contribution is -2.38. The highest BCUT2D eigenvalue weighted by Crippen LogP contribution is 2.45. The van der Waals surface area contributed by atoms with Gasteiger partial charge in [0, 0.05) is 22.4 Å². The van der Waals surface area contributed by atoms with E-state index in [0.717, 1.165) is 35.8 Å². The molecule has 116 valence electrons. The van der Waals surface area contributed by atoms with E-state index >= 15 is 0 Å². The van der Waals surface area contributed by atoms with Gasteiger partial charge in [0.1, 0.15) is 5.75 Å². The van der Waals surface area contributed by atoms with Crippen molar-refractivity contribution in [2.45, 2.75) is 61.2 Å². The van der Waals surface area contributed by atoms with Crippen LogP contribution in [0.15, 0.2) is 23.1 Å². The number of thioether (sulfide) groups is 1. The molecule has 3 nitrogen and oxygen atoms in total. The molecule has 1 aliphatic carbocycles. The van der Waals surface area contributed by atoms with Gasteiger partial charge in [-0.2, -0.15) is 0 Å². The van der Waals surface area contributed by atoms with Gasteiger partial charge in [-0.25, -0.2) is 0 Å². The minimum Gasteiger partial charge on any atom is -0.494 e. The number of hydrogen-bond acceptors (Lipinski definition) is 4. The molecule has 1 unspecified atom stereocenters. The summed E-state index contributed by atoms with van der Waals surface area (Å²) in [7, 11) is 0. The molecule has 0 bridgehead atoms. The van der Waals surface area contributed by atoms with Gasteiger partial charge in [0.15, 0.2) is 0 Å². The van der Waals surface area contributed by atoms with Crippen LogP contribution in [0.1, 0.15) is 45.4 Å². The first kappa shape index (κ1) is 15.0. The standard InChI is InChI=1S/C17H25NO2S/c1-2-19-13-5-6-15(18)16(11-13)21-14-7-10-20-17(12-14)8-3-4-9-17/h5-6,11,14H,2-4,7-10,12,18H2,1H3. The van der Waals surface area contributed by atoms with Gasteiger partial charge in [0.25, 0.3) is 0 Å². The Morgan fingerprint density at radius 2 is 2.19 bits per heavy atom. The molecule has 1 heterocycles. The van der Waals surface area contributed by atoms with Crippen molar-refractivity contribution in [3.05, 3.63) is 18.2 Å². The highest BCUT2D eigenvalue weighted by molar-refractivity contribution is 8.00. The van der Waals surface area contributed by atoms with Crippen LogP contribution in [0.5, 0.6) is 5.75 Å². The van der Waals surface area contributed by atoms with Crippen molar-refractivity contribution in [3.63, 3.8) is 0 Å². The van der Waals surface area contributed by atoms with Gasteiger partial charge in [0.05, 0.1) is 12.2 Å². The van der Waals surface area contributed by atoms with E-state index in [1.54, 1.807) is 0 Å². The van der Waals surface area contributed by atoms with E-state index in [9.17, 15) is 0 Å². The molecule has 3 rings (SSSR count). The molecule has 2 aliphatic rings. The Labute approximate surface area is 131 Å². The summed E-state index contributed by atoms with van der Waals surface area (Å²) >= 11 is 1.91. The molecule has 1 atom stereocenters. The fraction of sp³-hybridized carbons (Fsp3) is 0.647. The maximum Gasteiger partial charge on any atom is 0.120 e. The number of benzene rings is 1. The van der Waals surface area contributed by atoms with Crippen LogP contribution >= 0.6 is 11.8 Å². The van der Waals surface area contributed by atoms with Crippen LogP contribution in [-0.4, -0.2) is 24.1 Å². The summed E-state index contributed by atoms with van der Waals surface area (Å²) in [4.78, 5) is 1.15. The SMILES string of the molecule is CCOc1ccc(N)c(SC2CCOC3(CCCC3)C2)c1. The number of ether oxygens (including phenoxy) is 2. The van der Waals surface area contributed by atoms with Crippen LogP contribution in [0.25, 0.3) is 0 Å². The molecule has 1 aromatic rings. The number of anilines is 1. The average molecular weight is 307 g/mol. The molecule has 1 aliphatic heterocycles. The van der Waals surface area contributed by atoms with Gasteiger partial charge >= 0.3 is 0 Å². The molecule has 0 radical (unpaired) electrons. The van der Waals surface area contributed by atoms with E-state index in [1.807, 2.05) is 30.8 Å². The van der Waals surface area contributed by atoms with Gasteiger partial charge in [-0.15, -0.1) is 11.8 Å². The third kappa shape index (κ3) is 3.49. The Hall–Kier alpha value is -0.870. The predicted molar refractivity (Wildman–Crippen MR) is 88.1 cm³/mol. The molecule has 4 heteroatoms. The van der Waals surface area contributed by atoms with Crippen LogP contribution in [-0.2, 0) is 4.74 Å². The summed E-state index contributed by atoms with van der Waals surface area (Å²) in [5, 5.41) is 0.607. The summed E-state index contributed by atoms with van der Waals surface area (Å²) in [5.74, 6) is 0.914.